The van der Waals surface area contributed by atoms with Gasteiger partial charge in [-0.15, -0.1) is 0 Å². The van der Waals surface area contributed by atoms with Crippen LogP contribution in [0.25, 0.3) is 28.2 Å². The molecule has 0 saturated carbocycles. The maximum Gasteiger partial charge on any atom is 0.257 e. The summed E-state index contributed by atoms with van der Waals surface area (Å²) in [5.74, 6) is -0.367. The number of hydrogen-bond donors (Lipinski definition) is 1. The van der Waals surface area contributed by atoms with Crippen LogP contribution in [0.5, 0.6) is 0 Å². The van der Waals surface area contributed by atoms with Gasteiger partial charge < -0.3 is 10.5 Å². The van der Waals surface area contributed by atoms with E-state index in [0.717, 1.165) is 5.56 Å². The number of aromatic nitrogens is 5. The van der Waals surface area contributed by atoms with Crippen molar-refractivity contribution in [3.05, 3.63) is 102 Å². The Morgan fingerprint density at radius 1 is 1.06 bits per heavy atom. The number of aryl methyl sites for hydroxylation is 1. The number of pyridine rings is 2. The van der Waals surface area contributed by atoms with Crippen molar-refractivity contribution < 1.29 is 13.9 Å². The van der Waals surface area contributed by atoms with Crippen LogP contribution in [0.15, 0.2) is 79.4 Å². The molecule has 0 aliphatic rings. The van der Waals surface area contributed by atoms with Crippen LogP contribution in [0.1, 0.15) is 15.9 Å². The lowest BCUT2D eigenvalue weighted by atomic mass is 10.0. The number of fused-ring (bicyclic) bond motifs is 1. The molecule has 8 nitrogen and oxygen atoms in total. The quantitative estimate of drug-likeness (QED) is 0.339. The molecule has 4 aromatic heterocycles. The van der Waals surface area contributed by atoms with Crippen LogP contribution >= 0.6 is 0 Å². The summed E-state index contributed by atoms with van der Waals surface area (Å²) < 4.78 is 16.2. The summed E-state index contributed by atoms with van der Waals surface area (Å²) in [6, 6.07) is 14.8. The van der Waals surface area contributed by atoms with Crippen LogP contribution in [0.3, 0.4) is 0 Å². The SMILES string of the molecule is Cc1cc(-c2nc3cccnn3c2-c2ccnc(NC(=O)c3cc[n+]([O-])cc3)c2)ccc1F. The van der Waals surface area contributed by atoms with E-state index in [9.17, 15) is 14.4 Å². The first-order valence-electron chi connectivity index (χ1n) is 10.1. The Labute approximate surface area is 187 Å². The number of hydrogen-bond acceptors (Lipinski definition) is 5. The molecular formula is C24H17FN6O2. The monoisotopic (exact) mass is 440 g/mol. The highest BCUT2D eigenvalue weighted by Crippen LogP contribution is 2.33. The highest BCUT2D eigenvalue weighted by Gasteiger charge is 2.18. The van der Waals surface area contributed by atoms with Gasteiger partial charge in [0.25, 0.3) is 5.91 Å². The number of benzene rings is 1. The molecule has 0 unspecified atom stereocenters. The first kappa shape index (κ1) is 20.3. The number of anilines is 1. The fourth-order valence-corrected chi connectivity index (χ4v) is 3.54. The predicted octanol–water partition coefficient (Wildman–Crippen LogP) is 3.79. The van der Waals surface area contributed by atoms with E-state index in [4.69, 9.17) is 4.98 Å². The van der Waals surface area contributed by atoms with Crippen molar-refractivity contribution in [2.75, 3.05) is 5.32 Å². The topological polar surface area (TPSA) is 99.1 Å². The minimum atomic E-state index is -0.397. The Morgan fingerprint density at radius 2 is 1.88 bits per heavy atom. The number of imidazole rings is 1. The van der Waals surface area contributed by atoms with E-state index in [-0.39, 0.29) is 5.82 Å². The number of carbonyl (C=O) groups is 1. The van der Waals surface area contributed by atoms with Gasteiger partial charge in [-0.25, -0.2) is 18.9 Å². The van der Waals surface area contributed by atoms with Gasteiger partial charge in [0.2, 0.25) is 0 Å². The number of halogens is 1. The van der Waals surface area contributed by atoms with Crippen LogP contribution < -0.4 is 10.0 Å². The lowest BCUT2D eigenvalue weighted by molar-refractivity contribution is -0.605. The zero-order valence-electron chi connectivity index (χ0n) is 17.4. The van der Waals surface area contributed by atoms with E-state index in [1.165, 1.54) is 30.6 Å². The molecule has 0 fully saturated rings. The van der Waals surface area contributed by atoms with Crippen molar-refractivity contribution in [1.29, 1.82) is 0 Å². The van der Waals surface area contributed by atoms with Gasteiger partial charge in [0.05, 0.1) is 11.3 Å². The third kappa shape index (κ3) is 3.87. The maximum absolute atomic E-state index is 13.9. The molecule has 0 saturated heterocycles. The molecule has 1 amide bonds. The summed E-state index contributed by atoms with van der Waals surface area (Å²) in [7, 11) is 0. The van der Waals surface area contributed by atoms with E-state index < -0.39 is 5.91 Å². The number of nitrogens with zero attached hydrogens (tertiary/aromatic N) is 5. The van der Waals surface area contributed by atoms with E-state index in [2.05, 4.69) is 15.4 Å². The van der Waals surface area contributed by atoms with E-state index >= 15 is 0 Å². The Morgan fingerprint density at radius 3 is 2.67 bits per heavy atom. The van der Waals surface area contributed by atoms with Crippen LogP contribution in [0.2, 0.25) is 0 Å². The van der Waals surface area contributed by atoms with Gasteiger partial charge in [0.15, 0.2) is 18.0 Å². The molecule has 162 valence electrons. The zero-order chi connectivity index (χ0) is 22.9. The Balaban J connectivity index is 1.58. The fourth-order valence-electron chi connectivity index (χ4n) is 3.54. The zero-order valence-corrected chi connectivity index (χ0v) is 17.4. The van der Waals surface area contributed by atoms with Crippen LogP contribution in [-0.2, 0) is 0 Å². The van der Waals surface area contributed by atoms with Gasteiger partial charge in [-0.05, 0) is 55.0 Å². The molecule has 0 aliphatic carbocycles. The second kappa shape index (κ2) is 8.12. The first-order valence-corrected chi connectivity index (χ1v) is 10.1. The minimum Gasteiger partial charge on any atom is -0.619 e. The van der Waals surface area contributed by atoms with E-state index in [0.29, 0.717) is 44.3 Å². The smallest absolute Gasteiger partial charge is 0.257 e. The molecule has 33 heavy (non-hydrogen) atoms. The molecule has 0 bridgehead atoms. The molecule has 5 aromatic rings. The van der Waals surface area contributed by atoms with Crippen molar-refractivity contribution in [2.45, 2.75) is 6.92 Å². The average molecular weight is 440 g/mol. The molecule has 0 spiro atoms. The van der Waals surface area contributed by atoms with Crippen LogP contribution in [0.4, 0.5) is 10.2 Å². The third-order valence-corrected chi connectivity index (χ3v) is 5.16. The Bertz CT molecular complexity index is 1500. The lowest BCUT2D eigenvalue weighted by Crippen LogP contribution is -2.25. The van der Waals surface area contributed by atoms with Crippen LogP contribution in [0, 0.1) is 17.9 Å². The normalized spacial score (nSPS) is 11.0. The van der Waals surface area contributed by atoms with Crippen molar-refractivity contribution >= 4 is 17.4 Å². The average Bonchev–Trinajstić information content (AvgIpc) is 3.21. The molecule has 4 heterocycles. The highest BCUT2D eigenvalue weighted by molar-refractivity contribution is 6.03. The molecule has 1 N–H and O–H groups in total. The van der Waals surface area contributed by atoms with Gasteiger partial charge in [-0.1, -0.05) is 0 Å². The molecule has 0 atom stereocenters. The second-order valence-electron chi connectivity index (χ2n) is 7.40. The Hall–Kier alpha value is -4.66. The second-order valence-corrected chi connectivity index (χ2v) is 7.40. The van der Waals surface area contributed by atoms with Gasteiger partial charge in [0, 0.05) is 35.7 Å². The summed E-state index contributed by atoms with van der Waals surface area (Å²) in [5.41, 5.74) is 4.23. The molecule has 5 rings (SSSR count). The predicted molar refractivity (Wildman–Crippen MR) is 120 cm³/mol. The maximum atomic E-state index is 13.9. The number of rotatable bonds is 4. The summed E-state index contributed by atoms with van der Waals surface area (Å²) in [6.45, 7) is 1.70. The van der Waals surface area contributed by atoms with Crippen molar-refractivity contribution in [2.24, 2.45) is 0 Å². The number of carbonyl (C=O) groups excluding carboxylic acids is 1. The van der Waals surface area contributed by atoms with Crippen molar-refractivity contribution in [3.8, 4) is 22.5 Å². The molecule has 0 radical (unpaired) electrons. The minimum absolute atomic E-state index is 0.292. The Kier molecular flexibility index (Phi) is 4.98. The summed E-state index contributed by atoms with van der Waals surface area (Å²) in [5, 5.41) is 18.4. The number of amides is 1. The third-order valence-electron chi connectivity index (χ3n) is 5.16. The summed E-state index contributed by atoms with van der Waals surface area (Å²) in [6.07, 6.45) is 5.72. The van der Waals surface area contributed by atoms with Gasteiger partial charge in [-0.3, -0.25) is 4.79 Å². The molecule has 1 aromatic carbocycles. The number of nitrogens with one attached hydrogen (secondary N) is 1. The van der Waals surface area contributed by atoms with Crippen LogP contribution in [-0.4, -0.2) is 25.5 Å². The van der Waals surface area contributed by atoms with E-state index in [1.807, 2.05) is 6.07 Å². The molecular weight excluding hydrogens is 423 g/mol. The highest BCUT2D eigenvalue weighted by atomic mass is 19.1. The summed E-state index contributed by atoms with van der Waals surface area (Å²) >= 11 is 0. The van der Waals surface area contributed by atoms with Crippen molar-refractivity contribution in [3.63, 3.8) is 0 Å². The van der Waals surface area contributed by atoms with Gasteiger partial charge in [-0.2, -0.15) is 9.83 Å². The fraction of sp³-hybridized carbons (Fsp3) is 0.0417. The first-order chi connectivity index (χ1) is 16.0. The standard InChI is InChI=1S/C24H17FN6O2/c1-15-13-17(4-5-19(15)25)22-23(31-21(29-22)3-2-9-27-31)18-6-10-26-20(14-18)28-24(32)16-7-11-30(33)12-8-16/h2-14H,1H3,(H,26,28,32). The summed E-state index contributed by atoms with van der Waals surface area (Å²) in [4.78, 5) is 21.5. The van der Waals surface area contributed by atoms with E-state index in [1.54, 1.807) is 54.2 Å². The lowest BCUT2D eigenvalue weighted by Gasteiger charge is -2.09. The van der Waals surface area contributed by atoms with Gasteiger partial charge >= 0.3 is 0 Å². The van der Waals surface area contributed by atoms with Gasteiger partial charge in [0.1, 0.15) is 17.3 Å². The molecule has 0 aliphatic heterocycles. The largest absolute Gasteiger partial charge is 0.619 e. The molecule has 9 heteroatoms. The van der Waals surface area contributed by atoms with Crippen molar-refractivity contribution in [1.82, 2.24) is 19.6 Å².